The maximum absolute atomic E-state index is 10.8. The molecule has 0 saturated carbocycles. The smallest absolute Gasteiger partial charge is 0.185 e. The number of thioether (sulfide) groups is 1. The first-order chi connectivity index (χ1) is 9.09. The zero-order valence-electron chi connectivity index (χ0n) is 10.6. The fourth-order valence-corrected chi connectivity index (χ4v) is 3.55. The third kappa shape index (κ3) is 3.57. The third-order valence-corrected chi connectivity index (χ3v) is 4.74. The van der Waals surface area contributed by atoms with Crippen molar-refractivity contribution >= 4 is 38.3 Å². The van der Waals surface area contributed by atoms with Crippen LogP contribution in [0.1, 0.15) is 25.0 Å². The molecular formula is C14H16O3S2. The number of fused-ring (bicyclic) bond motifs is 1. The molecule has 3 nitrogen and oxygen atoms in total. The molecule has 2 rings (SSSR count). The van der Waals surface area contributed by atoms with Gasteiger partial charge in [-0.05, 0) is 23.3 Å². The lowest BCUT2D eigenvalue weighted by Gasteiger charge is -2.17. The molecule has 19 heavy (non-hydrogen) atoms. The van der Waals surface area contributed by atoms with Crippen LogP contribution in [0.25, 0.3) is 10.1 Å². The second-order valence-corrected chi connectivity index (χ2v) is 6.51. The largest absolute Gasteiger partial charge is 0.390 e. The molecule has 102 valence electrons. The molecule has 0 spiro atoms. The minimum atomic E-state index is -0.899. The normalized spacial score (nSPS) is 14.5. The first kappa shape index (κ1) is 14.5. The average Bonchev–Trinajstić information content (AvgIpc) is 2.81. The molecule has 0 saturated heterocycles. The van der Waals surface area contributed by atoms with Crippen molar-refractivity contribution in [3.8, 4) is 0 Å². The topological polar surface area (TPSA) is 57.5 Å². The van der Waals surface area contributed by atoms with E-state index in [0.29, 0.717) is 12.2 Å². The van der Waals surface area contributed by atoms with Crippen molar-refractivity contribution in [2.45, 2.75) is 25.6 Å². The lowest BCUT2D eigenvalue weighted by Crippen LogP contribution is -2.18. The number of carbonyl (C=O) groups excluding carboxylic acids is 1. The Morgan fingerprint density at radius 1 is 1.37 bits per heavy atom. The highest BCUT2D eigenvalue weighted by molar-refractivity contribution is 8.13. The van der Waals surface area contributed by atoms with E-state index in [0.717, 1.165) is 15.6 Å². The van der Waals surface area contributed by atoms with Crippen molar-refractivity contribution < 1.29 is 15.0 Å². The Hall–Kier alpha value is -0.880. The number of rotatable bonds is 5. The second kappa shape index (κ2) is 6.52. The van der Waals surface area contributed by atoms with Gasteiger partial charge in [-0.2, -0.15) is 0 Å². The molecule has 0 fully saturated rings. The standard InChI is InChI=1S/C14H16O3S2/c1-9(15)18-7-6-12(16)14(17)11-8-19-13-5-3-2-4-10(11)13/h2-5,8,12,14,16-17H,6-7H2,1H3. The van der Waals surface area contributed by atoms with Gasteiger partial charge in [0.25, 0.3) is 0 Å². The molecular weight excluding hydrogens is 280 g/mol. The molecule has 0 amide bonds. The summed E-state index contributed by atoms with van der Waals surface area (Å²) < 4.78 is 1.10. The molecule has 1 aromatic heterocycles. The van der Waals surface area contributed by atoms with E-state index in [1.54, 1.807) is 11.3 Å². The number of hydrogen-bond acceptors (Lipinski definition) is 5. The Morgan fingerprint density at radius 2 is 2.11 bits per heavy atom. The first-order valence-corrected chi connectivity index (χ1v) is 7.91. The van der Waals surface area contributed by atoms with E-state index >= 15 is 0 Å². The highest BCUT2D eigenvalue weighted by Gasteiger charge is 2.21. The molecule has 0 bridgehead atoms. The third-order valence-electron chi connectivity index (χ3n) is 2.91. The molecule has 0 aliphatic rings. The van der Waals surface area contributed by atoms with Gasteiger partial charge in [-0.1, -0.05) is 30.0 Å². The molecule has 0 aliphatic heterocycles. The number of thiophene rings is 1. The fraction of sp³-hybridized carbons (Fsp3) is 0.357. The van der Waals surface area contributed by atoms with E-state index in [1.165, 1.54) is 18.7 Å². The number of benzene rings is 1. The summed E-state index contributed by atoms with van der Waals surface area (Å²) in [6, 6.07) is 7.81. The Labute approximate surface area is 120 Å². The van der Waals surface area contributed by atoms with Crippen molar-refractivity contribution in [1.29, 1.82) is 0 Å². The molecule has 0 aliphatic carbocycles. The van der Waals surface area contributed by atoms with E-state index in [4.69, 9.17) is 0 Å². The monoisotopic (exact) mass is 296 g/mol. The van der Waals surface area contributed by atoms with Crippen molar-refractivity contribution in [2.24, 2.45) is 0 Å². The first-order valence-electron chi connectivity index (χ1n) is 6.05. The van der Waals surface area contributed by atoms with E-state index in [-0.39, 0.29) is 5.12 Å². The van der Waals surface area contributed by atoms with Crippen LogP contribution >= 0.6 is 23.1 Å². The summed E-state index contributed by atoms with van der Waals surface area (Å²) in [6.45, 7) is 1.50. The molecule has 2 atom stereocenters. The zero-order valence-corrected chi connectivity index (χ0v) is 12.2. The van der Waals surface area contributed by atoms with E-state index in [2.05, 4.69) is 0 Å². The maximum atomic E-state index is 10.8. The van der Waals surface area contributed by atoms with Gasteiger partial charge in [-0.15, -0.1) is 11.3 Å². The van der Waals surface area contributed by atoms with Crippen LogP contribution in [-0.2, 0) is 4.79 Å². The molecule has 2 aromatic rings. The summed E-state index contributed by atoms with van der Waals surface area (Å²) in [4.78, 5) is 10.8. The van der Waals surface area contributed by atoms with Crippen LogP contribution in [0.4, 0.5) is 0 Å². The lowest BCUT2D eigenvalue weighted by atomic mass is 10.0. The minimum Gasteiger partial charge on any atom is -0.390 e. The van der Waals surface area contributed by atoms with Gasteiger partial charge < -0.3 is 10.2 Å². The number of aliphatic hydroxyl groups excluding tert-OH is 2. The molecule has 1 heterocycles. The molecule has 2 unspecified atom stereocenters. The van der Waals surface area contributed by atoms with Gasteiger partial charge in [0.1, 0.15) is 6.10 Å². The molecule has 1 aromatic carbocycles. The SMILES string of the molecule is CC(=O)SCCC(O)C(O)c1csc2ccccc12. The number of carbonyl (C=O) groups is 1. The summed E-state index contributed by atoms with van der Waals surface area (Å²) in [5.41, 5.74) is 0.765. The quantitative estimate of drug-likeness (QED) is 0.890. The lowest BCUT2D eigenvalue weighted by molar-refractivity contribution is -0.109. The van der Waals surface area contributed by atoms with Gasteiger partial charge in [-0.3, -0.25) is 4.79 Å². The highest BCUT2D eigenvalue weighted by atomic mass is 32.2. The predicted molar refractivity (Wildman–Crippen MR) is 80.5 cm³/mol. The average molecular weight is 296 g/mol. The summed E-state index contributed by atoms with van der Waals surface area (Å²) in [5.74, 6) is 0.523. The van der Waals surface area contributed by atoms with E-state index in [9.17, 15) is 15.0 Å². The summed E-state index contributed by atoms with van der Waals surface area (Å²) in [6.07, 6.45) is -1.34. The van der Waals surface area contributed by atoms with Gasteiger partial charge >= 0.3 is 0 Å². The van der Waals surface area contributed by atoms with Crippen molar-refractivity contribution in [3.05, 3.63) is 35.2 Å². The highest BCUT2D eigenvalue weighted by Crippen LogP contribution is 2.32. The maximum Gasteiger partial charge on any atom is 0.185 e. The van der Waals surface area contributed by atoms with Crippen molar-refractivity contribution in [2.75, 3.05) is 5.75 Å². The van der Waals surface area contributed by atoms with Gasteiger partial charge in [0.2, 0.25) is 0 Å². The Kier molecular flexibility index (Phi) is 4.99. The van der Waals surface area contributed by atoms with Crippen LogP contribution in [0, 0.1) is 0 Å². The summed E-state index contributed by atoms with van der Waals surface area (Å²) >= 11 is 2.73. The number of hydrogen-bond donors (Lipinski definition) is 2. The Morgan fingerprint density at radius 3 is 2.84 bits per heavy atom. The van der Waals surface area contributed by atoms with Crippen LogP contribution in [0.15, 0.2) is 29.6 Å². The van der Waals surface area contributed by atoms with E-state index in [1.807, 2.05) is 29.6 Å². The van der Waals surface area contributed by atoms with Crippen molar-refractivity contribution in [3.63, 3.8) is 0 Å². The van der Waals surface area contributed by atoms with E-state index < -0.39 is 12.2 Å². The summed E-state index contributed by atoms with van der Waals surface area (Å²) in [5, 5.41) is 23.1. The second-order valence-electron chi connectivity index (χ2n) is 4.33. The van der Waals surface area contributed by atoms with Crippen LogP contribution in [-0.4, -0.2) is 27.2 Å². The predicted octanol–water partition coefficient (Wildman–Crippen LogP) is 2.97. The van der Waals surface area contributed by atoms with Gasteiger partial charge in [0.05, 0.1) is 6.10 Å². The van der Waals surface area contributed by atoms with Gasteiger partial charge in [-0.25, -0.2) is 0 Å². The fourth-order valence-electron chi connectivity index (χ4n) is 1.92. The van der Waals surface area contributed by atoms with Gasteiger partial charge in [0.15, 0.2) is 5.12 Å². The Balaban J connectivity index is 2.06. The van der Waals surface area contributed by atoms with Crippen LogP contribution in [0.2, 0.25) is 0 Å². The van der Waals surface area contributed by atoms with Crippen LogP contribution in [0.3, 0.4) is 0 Å². The number of aliphatic hydroxyl groups is 2. The Bertz CT molecular complexity index is 565. The molecule has 0 radical (unpaired) electrons. The summed E-state index contributed by atoms with van der Waals surface area (Å²) in [7, 11) is 0. The molecule has 5 heteroatoms. The zero-order chi connectivity index (χ0) is 13.8. The minimum absolute atomic E-state index is 0.0303. The van der Waals surface area contributed by atoms with Gasteiger partial charge in [0, 0.05) is 22.9 Å². The van der Waals surface area contributed by atoms with Crippen LogP contribution in [0.5, 0.6) is 0 Å². The molecule has 2 N–H and O–H groups in total. The van der Waals surface area contributed by atoms with Crippen molar-refractivity contribution in [1.82, 2.24) is 0 Å². The van der Waals surface area contributed by atoms with Crippen LogP contribution < -0.4 is 0 Å².